The maximum absolute atomic E-state index is 11.9. The number of aromatic nitrogens is 2. The van der Waals surface area contributed by atoms with Gasteiger partial charge in [-0.2, -0.15) is 0 Å². The van der Waals surface area contributed by atoms with Gasteiger partial charge in [0, 0.05) is 42.5 Å². The van der Waals surface area contributed by atoms with Crippen molar-refractivity contribution in [3.63, 3.8) is 0 Å². The average Bonchev–Trinajstić information content (AvgIpc) is 2.99. The molecule has 1 aromatic carbocycles. The molecule has 3 aromatic rings. The molecule has 0 saturated carbocycles. The van der Waals surface area contributed by atoms with Crippen LogP contribution in [0.3, 0.4) is 0 Å². The van der Waals surface area contributed by atoms with E-state index < -0.39 is 0 Å². The van der Waals surface area contributed by atoms with Crippen molar-refractivity contribution >= 4 is 16.8 Å². The molecular weight excluding hydrogens is 286 g/mol. The highest BCUT2D eigenvalue weighted by Crippen LogP contribution is 2.19. The van der Waals surface area contributed by atoms with Crippen LogP contribution in [0.5, 0.6) is 0 Å². The number of hydrogen-bond acceptors (Lipinski definition) is 2. The summed E-state index contributed by atoms with van der Waals surface area (Å²) in [6.45, 7) is 0.677. The first-order chi connectivity index (χ1) is 11.3. The molecule has 118 valence electrons. The summed E-state index contributed by atoms with van der Waals surface area (Å²) in [6, 6.07) is 12.2. The zero-order valence-corrected chi connectivity index (χ0v) is 13.1. The summed E-state index contributed by atoms with van der Waals surface area (Å²) in [6.07, 6.45) is 8.79. The molecule has 2 aromatic heterocycles. The van der Waals surface area contributed by atoms with Crippen LogP contribution in [0.1, 0.15) is 24.0 Å². The van der Waals surface area contributed by atoms with Gasteiger partial charge in [-0.1, -0.05) is 18.2 Å². The quantitative estimate of drug-likeness (QED) is 0.704. The fraction of sp³-hybridized carbons (Fsp3) is 0.263. The van der Waals surface area contributed by atoms with Crippen LogP contribution in [0.4, 0.5) is 0 Å². The number of rotatable bonds is 7. The van der Waals surface area contributed by atoms with Gasteiger partial charge in [0.2, 0.25) is 5.91 Å². The van der Waals surface area contributed by atoms with Crippen LogP contribution in [0.25, 0.3) is 10.9 Å². The molecule has 3 rings (SSSR count). The Morgan fingerprint density at radius 1 is 1.09 bits per heavy atom. The van der Waals surface area contributed by atoms with Crippen LogP contribution < -0.4 is 5.32 Å². The van der Waals surface area contributed by atoms with E-state index in [1.165, 1.54) is 16.5 Å². The summed E-state index contributed by atoms with van der Waals surface area (Å²) >= 11 is 0. The SMILES string of the molecule is O=C(CCCc1c[nH]c2ccccc12)NCCc1ccncc1. The second-order valence-electron chi connectivity index (χ2n) is 5.67. The molecule has 0 bridgehead atoms. The zero-order chi connectivity index (χ0) is 15.9. The Labute approximate surface area is 136 Å². The molecule has 4 heteroatoms. The summed E-state index contributed by atoms with van der Waals surface area (Å²) in [5, 5.41) is 4.24. The number of carbonyl (C=O) groups excluding carboxylic acids is 1. The van der Waals surface area contributed by atoms with E-state index in [1.807, 2.05) is 30.5 Å². The van der Waals surface area contributed by atoms with Crippen LogP contribution in [-0.4, -0.2) is 22.4 Å². The van der Waals surface area contributed by atoms with Gasteiger partial charge in [0.05, 0.1) is 0 Å². The van der Waals surface area contributed by atoms with E-state index in [1.54, 1.807) is 12.4 Å². The van der Waals surface area contributed by atoms with Crippen molar-refractivity contribution in [3.05, 3.63) is 66.1 Å². The van der Waals surface area contributed by atoms with Gasteiger partial charge in [0.25, 0.3) is 0 Å². The highest BCUT2D eigenvalue weighted by molar-refractivity contribution is 5.83. The van der Waals surface area contributed by atoms with Gasteiger partial charge in [-0.15, -0.1) is 0 Å². The van der Waals surface area contributed by atoms with Crippen LogP contribution in [0.2, 0.25) is 0 Å². The van der Waals surface area contributed by atoms with Gasteiger partial charge in [-0.25, -0.2) is 0 Å². The number of fused-ring (bicyclic) bond motifs is 1. The summed E-state index contributed by atoms with van der Waals surface area (Å²) in [7, 11) is 0. The van der Waals surface area contributed by atoms with Crippen LogP contribution >= 0.6 is 0 Å². The molecule has 0 aliphatic heterocycles. The lowest BCUT2D eigenvalue weighted by Crippen LogP contribution is -2.25. The lowest BCUT2D eigenvalue weighted by atomic mass is 10.1. The first-order valence-corrected chi connectivity index (χ1v) is 8.03. The number of amides is 1. The minimum atomic E-state index is 0.124. The van der Waals surface area contributed by atoms with Crippen molar-refractivity contribution in [2.75, 3.05) is 6.54 Å². The summed E-state index contributed by atoms with van der Waals surface area (Å²) < 4.78 is 0. The number of carbonyl (C=O) groups is 1. The van der Waals surface area contributed by atoms with Crippen molar-refractivity contribution in [3.8, 4) is 0 Å². The van der Waals surface area contributed by atoms with Gasteiger partial charge in [0.1, 0.15) is 0 Å². The highest BCUT2D eigenvalue weighted by Gasteiger charge is 2.05. The Morgan fingerprint density at radius 3 is 2.78 bits per heavy atom. The lowest BCUT2D eigenvalue weighted by molar-refractivity contribution is -0.121. The van der Waals surface area contributed by atoms with E-state index in [-0.39, 0.29) is 5.91 Å². The van der Waals surface area contributed by atoms with E-state index >= 15 is 0 Å². The first-order valence-electron chi connectivity index (χ1n) is 8.03. The molecular formula is C19H21N3O. The predicted molar refractivity (Wildman–Crippen MR) is 92.2 cm³/mol. The van der Waals surface area contributed by atoms with Crippen molar-refractivity contribution < 1.29 is 4.79 Å². The van der Waals surface area contributed by atoms with Crippen molar-refractivity contribution in [2.24, 2.45) is 0 Å². The van der Waals surface area contributed by atoms with Crippen molar-refractivity contribution in [1.82, 2.24) is 15.3 Å². The van der Waals surface area contributed by atoms with Crippen LogP contribution in [-0.2, 0) is 17.6 Å². The van der Waals surface area contributed by atoms with E-state index in [9.17, 15) is 4.79 Å². The third-order valence-corrected chi connectivity index (χ3v) is 4.01. The van der Waals surface area contributed by atoms with E-state index in [0.717, 1.165) is 24.8 Å². The molecule has 0 radical (unpaired) electrons. The smallest absolute Gasteiger partial charge is 0.220 e. The lowest BCUT2D eigenvalue weighted by Gasteiger charge is -2.05. The van der Waals surface area contributed by atoms with Gasteiger partial charge in [-0.3, -0.25) is 9.78 Å². The first kappa shape index (κ1) is 15.3. The third kappa shape index (κ3) is 4.19. The Hall–Kier alpha value is -2.62. The number of benzene rings is 1. The molecule has 0 atom stereocenters. The molecule has 0 aliphatic carbocycles. The number of aryl methyl sites for hydroxylation is 1. The normalized spacial score (nSPS) is 10.8. The predicted octanol–water partition coefficient (Wildman–Crippen LogP) is 3.24. The number of nitrogens with one attached hydrogen (secondary N) is 2. The second-order valence-corrected chi connectivity index (χ2v) is 5.67. The summed E-state index contributed by atoms with van der Waals surface area (Å²) in [5.74, 6) is 0.124. The maximum atomic E-state index is 11.9. The molecule has 2 N–H and O–H groups in total. The van der Waals surface area contributed by atoms with Crippen molar-refractivity contribution in [2.45, 2.75) is 25.7 Å². The van der Waals surface area contributed by atoms with Gasteiger partial charge >= 0.3 is 0 Å². The maximum Gasteiger partial charge on any atom is 0.220 e. The molecule has 4 nitrogen and oxygen atoms in total. The molecule has 0 fully saturated rings. The monoisotopic (exact) mass is 307 g/mol. The Balaban J connectivity index is 1.39. The minimum Gasteiger partial charge on any atom is -0.361 e. The second kappa shape index (κ2) is 7.58. The van der Waals surface area contributed by atoms with E-state index in [0.29, 0.717) is 13.0 Å². The van der Waals surface area contributed by atoms with Crippen molar-refractivity contribution in [1.29, 1.82) is 0 Å². The number of hydrogen-bond donors (Lipinski definition) is 2. The van der Waals surface area contributed by atoms with Crippen LogP contribution in [0, 0.1) is 0 Å². The Bertz CT molecular complexity index is 764. The number of H-pyrrole nitrogens is 1. The van der Waals surface area contributed by atoms with Gasteiger partial charge < -0.3 is 10.3 Å². The Morgan fingerprint density at radius 2 is 1.91 bits per heavy atom. The average molecular weight is 307 g/mol. The number of nitrogens with zero attached hydrogens (tertiary/aromatic N) is 1. The number of para-hydroxylation sites is 1. The third-order valence-electron chi connectivity index (χ3n) is 4.01. The molecule has 2 heterocycles. The van der Waals surface area contributed by atoms with Gasteiger partial charge in [-0.05, 0) is 48.6 Å². The fourth-order valence-corrected chi connectivity index (χ4v) is 2.76. The molecule has 23 heavy (non-hydrogen) atoms. The van der Waals surface area contributed by atoms with Crippen LogP contribution in [0.15, 0.2) is 55.0 Å². The highest BCUT2D eigenvalue weighted by atomic mass is 16.1. The minimum absolute atomic E-state index is 0.124. The summed E-state index contributed by atoms with van der Waals surface area (Å²) in [5.41, 5.74) is 3.63. The number of pyridine rings is 1. The summed E-state index contributed by atoms with van der Waals surface area (Å²) in [4.78, 5) is 19.2. The molecule has 0 unspecified atom stereocenters. The van der Waals surface area contributed by atoms with E-state index in [4.69, 9.17) is 0 Å². The zero-order valence-electron chi connectivity index (χ0n) is 13.1. The Kier molecular flexibility index (Phi) is 5.04. The topological polar surface area (TPSA) is 57.8 Å². The standard InChI is InChI=1S/C19H21N3O/c23-19(21-13-10-15-8-11-20-12-9-15)7-3-4-16-14-22-18-6-2-1-5-17(16)18/h1-2,5-6,8-9,11-12,14,22H,3-4,7,10,13H2,(H,21,23). The fourth-order valence-electron chi connectivity index (χ4n) is 2.76. The molecule has 1 amide bonds. The van der Waals surface area contributed by atoms with E-state index in [2.05, 4.69) is 27.4 Å². The largest absolute Gasteiger partial charge is 0.361 e. The molecule has 0 saturated heterocycles. The molecule has 0 spiro atoms. The molecule has 0 aliphatic rings. The number of aromatic amines is 1. The van der Waals surface area contributed by atoms with Gasteiger partial charge in [0.15, 0.2) is 0 Å².